The highest BCUT2D eigenvalue weighted by atomic mass is 16.8. The number of esters is 1. The summed E-state index contributed by atoms with van der Waals surface area (Å²) >= 11 is 0. The number of benzene rings is 2. The van der Waals surface area contributed by atoms with Crippen molar-refractivity contribution in [3.8, 4) is 0 Å². The van der Waals surface area contributed by atoms with Gasteiger partial charge in [-0.05, 0) is 18.6 Å². The van der Waals surface area contributed by atoms with Crippen molar-refractivity contribution in [2.75, 3.05) is 6.61 Å². The minimum absolute atomic E-state index is 0.0485. The van der Waals surface area contributed by atoms with Gasteiger partial charge in [-0.3, -0.25) is 4.79 Å². The van der Waals surface area contributed by atoms with Gasteiger partial charge in [-0.15, -0.1) is 5.10 Å². The lowest BCUT2D eigenvalue weighted by atomic mass is 10.1. The molecule has 10 heteroatoms. The largest absolute Gasteiger partial charge is 0.459 e. The van der Waals surface area contributed by atoms with Gasteiger partial charge in [0, 0.05) is 5.56 Å². The predicted molar refractivity (Wildman–Crippen MR) is 113 cm³/mol. The van der Waals surface area contributed by atoms with E-state index in [1.807, 2.05) is 49.4 Å². The molecule has 2 aliphatic heterocycles. The Balaban J connectivity index is 1.36. The molecule has 1 unspecified atom stereocenters. The molecular weight excluding hydrogens is 428 g/mol. The van der Waals surface area contributed by atoms with Crippen LogP contribution in [0.15, 0.2) is 60.9 Å². The van der Waals surface area contributed by atoms with Gasteiger partial charge in [0.15, 0.2) is 12.5 Å². The molecule has 0 bridgehead atoms. The van der Waals surface area contributed by atoms with E-state index in [-0.39, 0.29) is 12.4 Å². The number of aryl methyl sites for hydroxylation is 1. The number of nitrogens with two attached hydrogens (primary N) is 1. The minimum Gasteiger partial charge on any atom is -0.459 e. The van der Waals surface area contributed by atoms with Gasteiger partial charge < -0.3 is 24.7 Å². The molecule has 0 radical (unpaired) electrons. The van der Waals surface area contributed by atoms with Crippen LogP contribution in [0, 0.1) is 6.92 Å². The van der Waals surface area contributed by atoms with E-state index < -0.39 is 42.7 Å². The highest BCUT2D eigenvalue weighted by Crippen LogP contribution is 2.44. The second kappa shape index (κ2) is 8.74. The first-order valence-electron chi connectivity index (χ1n) is 10.5. The number of ether oxygens (including phenoxy) is 4. The minimum atomic E-state index is -0.752. The van der Waals surface area contributed by atoms with Crippen LogP contribution in [0.1, 0.15) is 44.6 Å². The summed E-state index contributed by atoms with van der Waals surface area (Å²) in [7, 11) is 0. The fourth-order valence-corrected chi connectivity index (χ4v) is 4.00. The molecule has 10 nitrogen and oxygen atoms in total. The van der Waals surface area contributed by atoms with Crippen molar-refractivity contribution in [2.45, 2.75) is 37.8 Å². The molecule has 33 heavy (non-hydrogen) atoms. The van der Waals surface area contributed by atoms with Crippen molar-refractivity contribution in [1.82, 2.24) is 14.8 Å². The molecule has 5 rings (SSSR count). The number of hydrogen-bond donors (Lipinski definition) is 1. The van der Waals surface area contributed by atoms with E-state index in [1.54, 1.807) is 12.1 Å². The van der Waals surface area contributed by atoms with Crippen LogP contribution in [0.3, 0.4) is 0 Å². The molecule has 2 saturated heterocycles. The number of amides is 1. The number of nitrogens with zero attached hydrogens (tertiary/aromatic N) is 3. The molecule has 170 valence electrons. The lowest BCUT2D eigenvalue weighted by Gasteiger charge is -2.20. The molecule has 2 aromatic carbocycles. The van der Waals surface area contributed by atoms with Gasteiger partial charge in [-0.2, -0.15) is 0 Å². The Morgan fingerprint density at radius 1 is 1.03 bits per heavy atom. The molecule has 3 aromatic rings. The van der Waals surface area contributed by atoms with E-state index >= 15 is 0 Å². The standard InChI is InChI=1S/C23H22N4O6/c1-13-7-5-6-10-15(13)22(29)30-11-16-17-18(33-23(32-17)14-8-3-2-4-9-14)21(31-16)27-12-25-20(26-27)19(24)28/h2-10,12,16-18,21,23H,11H2,1H3,(H2,24,28)/t16-,17-,18-,21-,23?/m1/s1. The summed E-state index contributed by atoms with van der Waals surface area (Å²) < 4.78 is 25.3. The van der Waals surface area contributed by atoms with Crippen molar-refractivity contribution in [2.24, 2.45) is 5.73 Å². The quantitative estimate of drug-likeness (QED) is 0.564. The molecule has 2 aliphatic rings. The molecule has 2 N–H and O–H groups in total. The summed E-state index contributed by atoms with van der Waals surface area (Å²) in [6.45, 7) is 1.79. The second-order valence-corrected chi connectivity index (χ2v) is 7.83. The van der Waals surface area contributed by atoms with E-state index in [9.17, 15) is 9.59 Å². The molecule has 5 atom stereocenters. The molecule has 1 aromatic heterocycles. The smallest absolute Gasteiger partial charge is 0.338 e. The van der Waals surface area contributed by atoms with Crippen LogP contribution in [0.5, 0.6) is 0 Å². The van der Waals surface area contributed by atoms with Crippen molar-refractivity contribution in [1.29, 1.82) is 0 Å². The van der Waals surface area contributed by atoms with Gasteiger partial charge in [0.2, 0.25) is 5.82 Å². The van der Waals surface area contributed by atoms with Crippen LogP contribution in [0.2, 0.25) is 0 Å². The first-order valence-corrected chi connectivity index (χ1v) is 10.5. The van der Waals surface area contributed by atoms with Crippen molar-refractivity contribution in [3.05, 3.63) is 83.4 Å². The van der Waals surface area contributed by atoms with Gasteiger partial charge in [0.25, 0.3) is 5.91 Å². The van der Waals surface area contributed by atoms with Crippen LogP contribution in [0.25, 0.3) is 0 Å². The number of rotatable bonds is 6. The number of hydrogen-bond acceptors (Lipinski definition) is 8. The van der Waals surface area contributed by atoms with Gasteiger partial charge in [0.1, 0.15) is 31.2 Å². The lowest BCUT2D eigenvalue weighted by Crippen LogP contribution is -2.32. The first kappa shape index (κ1) is 21.3. The Labute approximate surface area is 189 Å². The Kier molecular flexibility index (Phi) is 5.63. The lowest BCUT2D eigenvalue weighted by molar-refractivity contribution is -0.156. The maximum Gasteiger partial charge on any atom is 0.338 e. The maximum atomic E-state index is 12.6. The van der Waals surface area contributed by atoms with Crippen LogP contribution in [0.4, 0.5) is 0 Å². The van der Waals surface area contributed by atoms with E-state index in [0.29, 0.717) is 5.56 Å². The Morgan fingerprint density at radius 3 is 2.48 bits per heavy atom. The Bertz CT molecular complexity index is 1170. The molecule has 3 heterocycles. The van der Waals surface area contributed by atoms with Crippen molar-refractivity contribution in [3.63, 3.8) is 0 Å². The summed E-state index contributed by atoms with van der Waals surface area (Å²) in [5.41, 5.74) is 7.42. The number of fused-ring (bicyclic) bond motifs is 1. The summed E-state index contributed by atoms with van der Waals surface area (Å²) in [6.07, 6.45) is -1.75. The van der Waals surface area contributed by atoms with Crippen molar-refractivity contribution < 1.29 is 28.5 Å². The highest BCUT2D eigenvalue weighted by molar-refractivity contribution is 5.91. The molecule has 0 spiro atoms. The number of carbonyl (C=O) groups is 2. The summed E-state index contributed by atoms with van der Waals surface area (Å²) in [6, 6.07) is 16.7. The third-order valence-corrected chi connectivity index (χ3v) is 5.65. The zero-order chi connectivity index (χ0) is 22.9. The number of aromatic nitrogens is 3. The third kappa shape index (κ3) is 4.11. The van der Waals surface area contributed by atoms with Crippen LogP contribution >= 0.6 is 0 Å². The topological polar surface area (TPSA) is 128 Å². The van der Waals surface area contributed by atoms with Crippen LogP contribution < -0.4 is 5.73 Å². The monoisotopic (exact) mass is 450 g/mol. The zero-order valence-corrected chi connectivity index (χ0v) is 17.7. The van der Waals surface area contributed by atoms with Crippen molar-refractivity contribution >= 4 is 11.9 Å². The normalized spacial score (nSPS) is 26.2. The molecular formula is C23H22N4O6. The average Bonchev–Trinajstić information content (AvgIpc) is 3.54. The summed E-state index contributed by atoms with van der Waals surface area (Å²) in [4.78, 5) is 27.9. The zero-order valence-electron chi connectivity index (χ0n) is 17.7. The SMILES string of the molecule is Cc1ccccc1C(=O)OC[C@H]1O[C@@H](n2cnc(C(N)=O)n2)[C@@H]2OC(c3ccccc3)O[C@@H]21. The molecule has 0 aliphatic carbocycles. The fraction of sp³-hybridized carbons (Fsp3) is 0.304. The van der Waals surface area contributed by atoms with E-state index in [4.69, 9.17) is 24.7 Å². The van der Waals surface area contributed by atoms with Gasteiger partial charge in [-0.25, -0.2) is 14.5 Å². The van der Waals surface area contributed by atoms with E-state index in [1.165, 1.54) is 11.0 Å². The first-order chi connectivity index (χ1) is 16.0. The van der Waals surface area contributed by atoms with Gasteiger partial charge >= 0.3 is 5.97 Å². The maximum absolute atomic E-state index is 12.6. The molecule has 0 saturated carbocycles. The van der Waals surface area contributed by atoms with Crippen LogP contribution in [-0.2, 0) is 18.9 Å². The second-order valence-electron chi connectivity index (χ2n) is 7.83. The van der Waals surface area contributed by atoms with Crippen LogP contribution in [-0.4, -0.2) is 51.6 Å². The Morgan fingerprint density at radius 2 is 1.76 bits per heavy atom. The summed E-state index contributed by atoms with van der Waals surface area (Å²) in [5, 5.41) is 4.10. The molecule has 1 amide bonds. The highest BCUT2D eigenvalue weighted by Gasteiger charge is 2.54. The third-order valence-electron chi connectivity index (χ3n) is 5.65. The van der Waals surface area contributed by atoms with E-state index in [0.717, 1.165) is 11.1 Å². The fourth-order valence-electron chi connectivity index (χ4n) is 4.00. The average molecular weight is 450 g/mol. The predicted octanol–water partition coefficient (Wildman–Crippen LogP) is 1.92. The van der Waals surface area contributed by atoms with Gasteiger partial charge in [0.05, 0.1) is 5.56 Å². The number of primary amides is 1. The molecule has 2 fully saturated rings. The Hall–Kier alpha value is -3.60. The summed E-state index contributed by atoms with van der Waals surface area (Å²) in [5.74, 6) is -1.34. The van der Waals surface area contributed by atoms with Gasteiger partial charge in [-0.1, -0.05) is 48.5 Å². The van der Waals surface area contributed by atoms with E-state index in [2.05, 4.69) is 10.1 Å². The number of carbonyl (C=O) groups excluding carboxylic acids is 2.